The molecule has 0 aromatic carbocycles. The summed E-state index contributed by atoms with van der Waals surface area (Å²) in [6.45, 7) is 20.0. The van der Waals surface area contributed by atoms with E-state index >= 15 is 0 Å². The van der Waals surface area contributed by atoms with Crippen LogP contribution in [0.15, 0.2) is 0 Å². The minimum atomic E-state index is 0. The second kappa shape index (κ2) is 33.6. The van der Waals surface area contributed by atoms with Gasteiger partial charge in [0, 0.05) is 67.4 Å². The van der Waals surface area contributed by atoms with Gasteiger partial charge in [-0.05, 0) is 41.5 Å². The van der Waals surface area contributed by atoms with Crippen LogP contribution in [0.2, 0.25) is 0 Å². The van der Waals surface area contributed by atoms with Crippen LogP contribution in [-0.4, -0.2) is 53.3 Å². The van der Waals surface area contributed by atoms with E-state index < -0.39 is 0 Å². The molecule has 0 rings (SSSR count). The van der Waals surface area contributed by atoms with Gasteiger partial charge in [-0.25, -0.2) is 0 Å². The first-order valence-corrected chi connectivity index (χ1v) is 8.99. The summed E-state index contributed by atoms with van der Waals surface area (Å²) in [5.41, 5.74) is 0. The summed E-state index contributed by atoms with van der Waals surface area (Å²) in [6.07, 6.45) is 0. The van der Waals surface area contributed by atoms with E-state index in [-0.39, 0.29) is 37.2 Å². The van der Waals surface area contributed by atoms with Gasteiger partial charge in [-0.1, -0.05) is 0 Å². The molecule has 0 saturated carbocycles. The van der Waals surface area contributed by atoms with Crippen LogP contribution in [0, 0.1) is 0 Å². The molecular formula is C12H39Cl3N3P3. The Morgan fingerprint density at radius 3 is 0.524 bits per heavy atom. The first kappa shape index (κ1) is 38.5. The summed E-state index contributed by atoms with van der Waals surface area (Å²) >= 11 is 0. The predicted octanol–water partition coefficient (Wildman–Crippen LogP) is -6.44. The highest BCUT2D eigenvalue weighted by Gasteiger charge is 1.89. The van der Waals surface area contributed by atoms with Crippen molar-refractivity contribution in [3.05, 3.63) is 0 Å². The molecule has 0 aliphatic heterocycles. The standard InChI is InChI=1S/3C4H12NP.3ClH/c3*1-3-5(6)4-2;;;/h3*3-4,6H2,1-2H3;3*1H. The fourth-order valence-electron chi connectivity index (χ4n) is 0.671. The Labute approximate surface area is 160 Å². The molecule has 0 aliphatic carbocycles. The van der Waals surface area contributed by atoms with Crippen molar-refractivity contribution < 1.29 is 37.2 Å². The summed E-state index contributed by atoms with van der Waals surface area (Å²) < 4.78 is 6.83. The molecule has 3 unspecified atom stereocenters. The van der Waals surface area contributed by atoms with Gasteiger partial charge in [0.05, 0.1) is 0 Å². The van der Waals surface area contributed by atoms with Crippen LogP contribution in [0.3, 0.4) is 0 Å². The van der Waals surface area contributed by atoms with Crippen molar-refractivity contribution in [1.82, 2.24) is 14.0 Å². The average molecular weight is 425 g/mol. The van der Waals surface area contributed by atoms with Gasteiger partial charge in [-0.15, -0.1) is 0 Å². The predicted molar refractivity (Wildman–Crippen MR) is 102 cm³/mol. The fraction of sp³-hybridized carbons (Fsp3) is 1.00. The fourth-order valence-corrected chi connectivity index (χ4v) is 0.671. The monoisotopic (exact) mass is 423 g/mol. The zero-order chi connectivity index (χ0) is 15.0. The Morgan fingerprint density at radius 2 is 0.524 bits per heavy atom. The summed E-state index contributed by atoms with van der Waals surface area (Å²) in [5.74, 6) is 0. The Balaban J connectivity index is -0.0000000375. The zero-order valence-corrected chi connectivity index (χ0v) is 21.3. The van der Waals surface area contributed by atoms with Crippen molar-refractivity contribution in [2.75, 3.05) is 39.3 Å². The van der Waals surface area contributed by atoms with Gasteiger partial charge in [0.2, 0.25) is 0 Å². The Kier molecular flexibility index (Phi) is 61.7. The SMILES string of the molecule is CCN([PH3+])CC.CCN([PH3+])CC.CCN([PH3+])CC.[Cl-].[Cl-].[Cl-]. The van der Waals surface area contributed by atoms with Crippen molar-refractivity contribution in [3.8, 4) is 0 Å². The highest BCUT2D eigenvalue weighted by molar-refractivity contribution is 7.13. The number of hydrogen-bond acceptors (Lipinski definition) is 3. The lowest BCUT2D eigenvalue weighted by atomic mass is 10.7. The van der Waals surface area contributed by atoms with Gasteiger partial charge in [0.15, 0.2) is 0 Å². The van der Waals surface area contributed by atoms with Crippen molar-refractivity contribution in [1.29, 1.82) is 0 Å². The van der Waals surface area contributed by atoms with Gasteiger partial charge in [-0.3, -0.25) is 0 Å². The number of rotatable bonds is 6. The topological polar surface area (TPSA) is 9.72 Å². The van der Waals surface area contributed by atoms with E-state index in [0.29, 0.717) is 0 Å². The second-order valence-electron chi connectivity index (χ2n) is 3.91. The maximum absolute atomic E-state index is 2.28. The zero-order valence-electron chi connectivity index (χ0n) is 14.8. The number of nitrogens with zero attached hydrogens (tertiary/aromatic N) is 3. The van der Waals surface area contributed by atoms with Gasteiger partial charge in [0.1, 0.15) is 0 Å². The molecule has 21 heavy (non-hydrogen) atoms. The summed E-state index contributed by atoms with van der Waals surface area (Å²) in [5, 5.41) is 0. The van der Waals surface area contributed by atoms with E-state index in [2.05, 4.69) is 55.6 Å². The van der Waals surface area contributed by atoms with E-state index in [1.807, 2.05) is 28.2 Å². The molecule has 0 spiro atoms. The Morgan fingerprint density at radius 1 is 0.429 bits per heavy atom. The van der Waals surface area contributed by atoms with Crippen molar-refractivity contribution >= 4 is 28.2 Å². The largest absolute Gasteiger partial charge is 1.00 e. The van der Waals surface area contributed by atoms with Crippen molar-refractivity contribution in [3.63, 3.8) is 0 Å². The van der Waals surface area contributed by atoms with Crippen molar-refractivity contribution in [2.24, 2.45) is 0 Å². The maximum Gasteiger partial charge on any atom is 0.0431 e. The van der Waals surface area contributed by atoms with E-state index in [9.17, 15) is 0 Å². The molecule has 0 radical (unpaired) electrons. The third-order valence-corrected chi connectivity index (χ3v) is 5.37. The number of halogens is 3. The molecule has 0 saturated heterocycles. The molecule has 0 bridgehead atoms. The van der Waals surface area contributed by atoms with Crippen LogP contribution in [-0.2, 0) is 0 Å². The highest BCUT2D eigenvalue weighted by Crippen LogP contribution is 1.93. The Bertz CT molecular complexity index is 116. The van der Waals surface area contributed by atoms with Crippen LogP contribution in [0.4, 0.5) is 0 Å². The molecule has 9 heteroatoms. The molecule has 0 heterocycles. The smallest absolute Gasteiger partial charge is 0.0431 e. The van der Waals surface area contributed by atoms with Crippen LogP contribution in [0.1, 0.15) is 41.5 Å². The van der Waals surface area contributed by atoms with E-state index in [4.69, 9.17) is 0 Å². The van der Waals surface area contributed by atoms with Crippen molar-refractivity contribution in [2.45, 2.75) is 41.5 Å². The Hall–Kier alpha value is 2.04. The molecule has 3 nitrogen and oxygen atoms in total. The summed E-state index contributed by atoms with van der Waals surface area (Å²) in [6, 6.07) is 0. The summed E-state index contributed by atoms with van der Waals surface area (Å²) in [7, 11) is 5.80. The molecule has 0 aliphatic rings. The van der Waals surface area contributed by atoms with Crippen LogP contribution in [0.25, 0.3) is 0 Å². The quantitative estimate of drug-likeness (QED) is 0.393. The maximum atomic E-state index is 2.28. The lowest BCUT2D eigenvalue weighted by Crippen LogP contribution is -3.00. The third-order valence-electron chi connectivity index (χ3n) is 2.68. The second-order valence-corrected chi connectivity index (χ2v) is 6.59. The minimum absolute atomic E-state index is 0. The molecule has 0 fully saturated rings. The first-order valence-electron chi connectivity index (χ1n) is 7.09. The van der Waals surface area contributed by atoms with E-state index in [0.717, 1.165) is 0 Å². The molecule has 0 amide bonds. The molecule has 0 N–H and O–H groups in total. The lowest BCUT2D eigenvalue weighted by molar-refractivity contribution is -0.001000. The molecule has 138 valence electrons. The van der Waals surface area contributed by atoms with Gasteiger partial charge in [-0.2, -0.15) is 14.0 Å². The summed E-state index contributed by atoms with van der Waals surface area (Å²) in [4.78, 5) is 0. The van der Waals surface area contributed by atoms with E-state index in [1.54, 1.807) is 0 Å². The van der Waals surface area contributed by atoms with Crippen LogP contribution in [0.5, 0.6) is 0 Å². The minimum Gasteiger partial charge on any atom is -1.00 e. The average Bonchev–Trinajstić information content (AvgIpc) is 2.45. The van der Waals surface area contributed by atoms with Gasteiger partial charge >= 0.3 is 0 Å². The lowest BCUT2D eigenvalue weighted by Gasteiger charge is -2.00. The van der Waals surface area contributed by atoms with Crippen LogP contribution >= 0.6 is 28.2 Å². The van der Waals surface area contributed by atoms with Crippen LogP contribution < -0.4 is 37.2 Å². The third kappa shape index (κ3) is 44.9. The number of hydrogen-bond donors (Lipinski definition) is 0. The molecule has 0 aromatic heterocycles. The first-order chi connectivity index (χ1) is 8.42. The van der Waals surface area contributed by atoms with Gasteiger partial charge < -0.3 is 37.2 Å². The normalized spacial score (nSPS) is 9.00. The molecular weight excluding hydrogens is 385 g/mol. The highest BCUT2D eigenvalue weighted by atomic mass is 35.5. The molecule has 3 atom stereocenters. The van der Waals surface area contributed by atoms with E-state index in [1.165, 1.54) is 39.3 Å². The molecule has 0 aromatic rings. The van der Waals surface area contributed by atoms with Gasteiger partial charge in [0.25, 0.3) is 0 Å².